The number of alkyl carbamates (subject to hydrolysis) is 1. The summed E-state index contributed by atoms with van der Waals surface area (Å²) in [5.41, 5.74) is 2.17. The molecule has 2 aliphatic heterocycles. The normalized spacial score (nSPS) is 18.9. The Morgan fingerprint density at radius 2 is 2.12 bits per heavy atom. The molecule has 0 aliphatic carbocycles. The lowest BCUT2D eigenvalue weighted by Crippen LogP contribution is -2.64. The van der Waals surface area contributed by atoms with Gasteiger partial charge in [-0.25, -0.2) is 9.78 Å². The number of methoxy groups -OCH3 is 1. The molecule has 41 heavy (non-hydrogen) atoms. The maximum atomic E-state index is 12.1. The van der Waals surface area contributed by atoms with Crippen LogP contribution in [0.5, 0.6) is 0 Å². The van der Waals surface area contributed by atoms with Crippen molar-refractivity contribution in [1.29, 1.82) is 10.5 Å². The third-order valence-electron chi connectivity index (χ3n) is 7.38. The molecule has 1 amide bonds. The number of piperidine rings is 1. The summed E-state index contributed by atoms with van der Waals surface area (Å²) in [6, 6.07) is 7.70. The van der Waals surface area contributed by atoms with E-state index in [-0.39, 0.29) is 29.8 Å². The van der Waals surface area contributed by atoms with Gasteiger partial charge >= 0.3 is 6.09 Å². The number of fused-ring (bicyclic) bond motifs is 1. The quantitative estimate of drug-likeness (QED) is 0.356. The molecule has 0 unspecified atom stereocenters. The lowest BCUT2D eigenvalue weighted by Gasteiger charge is -2.48. The molecule has 3 aromatic rings. The van der Waals surface area contributed by atoms with Crippen molar-refractivity contribution >= 4 is 46.5 Å². The number of rotatable bonds is 8. The molecule has 2 aliphatic rings. The molecule has 5 rings (SSSR count). The maximum Gasteiger partial charge on any atom is 0.407 e. The van der Waals surface area contributed by atoms with Gasteiger partial charge in [0.25, 0.3) is 0 Å². The number of amides is 1. The van der Waals surface area contributed by atoms with E-state index in [4.69, 9.17) is 21.1 Å². The van der Waals surface area contributed by atoms with Crippen LogP contribution < -0.4 is 20.9 Å². The molecule has 0 spiro atoms. The molecule has 3 N–H and O–H groups in total. The van der Waals surface area contributed by atoms with Crippen LogP contribution in [-0.2, 0) is 9.47 Å². The number of nitrogens with one attached hydrogen (secondary N) is 3. The first-order valence-electron chi connectivity index (χ1n) is 13.2. The molecule has 1 aromatic carbocycles. The van der Waals surface area contributed by atoms with Crippen LogP contribution in [0, 0.1) is 22.7 Å². The number of benzene rings is 1. The number of aromatic nitrogens is 4. The number of hydrogen-bond acceptors (Lipinski definition) is 12. The van der Waals surface area contributed by atoms with Crippen LogP contribution in [0.3, 0.4) is 0 Å². The molecule has 0 radical (unpaired) electrons. The Hall–Kier alpha value is -4.37. The summed E-state index contributed by atoms with van der Waals surface area (Å²) in [7, 11) is 3.37. The van der Waals surface area contributed by atoms with Gasteiger partial charge in [-0.05, 0) is 32.5 Å². The maximum absolute atomic E-state index is 12.1. The van der Waals surface area contributed by atoms with Gasteiger partial charge in [-0.15, -0.1) is 5.10 Å². The zero-order valence-electron chi connectivity index (χ0n) is 22.9. The third kappa shape index (κ3) is 5.63. The van der Waals surface area contributed by atoms with Crippen molar-refractivity contribution in [1.82, 2.24) is 29.8 Å². The summed E-state index contributed by atoms with van der Waals surface area (Å²) in [5.74, 6) is 0.625. The highest BCUT2D eigenvalue weighted by Crippen LogP contribution is 2.38. The molecular weight excluding hydrogens is 550 g/mol. The summed E-state index contributed by atoms with van der Waals surface area (Å²) in [5, 5.41) is 33.4. The van der Waals surface area contributed by atoms with Crippen LogP contribution in [0.15, 0.2) is 18.3 Å². The Bertz CT molecular complexity index is 1530. The lowest BCUT2D eigenvalue weighted by molar-refractivity contribution is -0.0740. The van der Waals surface area contributed by atoms with Gasteiger partial charge in [-0.3, -0.25) is 4.90 Å². The standard InChI is InChI=1S/C26H30ClN11O3/c1-4-30-23-24-31-11-16(10-29)38(24)35-25(34-23)32-19-7-15(9-28)8-20(22(19)27)37-6-5-18(33-26(39)40-3)21(12-37)36(2)17-13-41-14-17/h7-8,11,17-18,21H,4-6,12-14H2,1-3H3,(H,33,39)(H2,30,32,34,35)/t18-,21-/m1/s1. The van der Waals surface area contributed by atoms with E-state index in [1.807, 2.05) is 14.0 Å². The average molecular weight is 580 g/mol. The Morgan fingerprint density at radius 1 is 1.32 bits per heavy atom. The van der Waals surface area contributed by atoms with E-state index in [0.717, 1.165) is 0 Å². The summed E-state index contributed by atoms with van der Waals surface area (Å²) in [4.78, 5) is 25.2. The van der Waals surface area contributed by atoms with E-state index in [1.54, 1.807) is 12.1 Å². The molecule has 14 nitrogen and oxygen atoms in total. The largest absolute Gasteiger partial charge is 0.453 e. The van der Waals surface area contributed by atoms with Crippen molar-refractivity contribution in [3.05, 3.63) is 34.6 Å². The van der Waals surface area contributed by atoms with Gasteiger partial charge in [0.2, 0.25) is 5.95 Å². The predicted molar refractivity (Wildman–Crippen MR) is 151 cm³/mol. The van der Waals surface area contributed by atoms with Gasteiger partial charge in [-0.1, -0.05) is 11.6 Å². The summed E-state index contributed by atoms with van der Waals surface area (Å²) >= 11 is 6.97. The first kappa shape index (κ1) is 28.2. The fraction of sp³-hybridized carbons (Fsp3) is 0.462. The average Bonchev–Trinajstić information content (AvgIpc) is 3.36. The SMILES string of the molecule is CCNc1nc(Nc2cc(C#N)cc(N3CC[C@@H](NC(=O)OC)[C@H](N(C)C4COC4)C3)c2Cl)nn2c(C#N)cnc12. The minimum Gasteiger partial charge on any atom is -0.453 e. The van der Waals surface area contributed by atoms with E-state index in [2.05, 4.69) is 53.0 Å². The van der Waals surface area contributed by atoms with Gasteiger partial charge < -0.3 is 30.3 Å². The Kier molecular flexibility index (Phi) is 8.26. The summed E-state index contributed by atoms with van der Waals surface area (Å²) in [6.45, 7) is 4.89. The van der Waals surface area contributed by atoms with Crippen LogP contribution in [0.25, 0.3) is 5.65 Å². The number of nitrogens with zero attached hydrogens (tertiary/aromatic N) is 8. The lowest BCUT2D eigenvalue weighted by atomic mass is 9.95. The molecular formula is C26H30ClN11O3. The first-order chi connectivity index (χ1) is 19.9. The minimum absolute atomic E-state index is 0.0611. The van der Waals surface area contributed by atoms with Gasteiger partial charge in [0.15, 0.2) is 17.2 Å². The van der Waals surface area contributed by atoms with Crippen molar-refractivity contribution in [2.45, 2.75) is 31.5 Å². The van der Waals surface area contributed by atoms with Crippen molar-refractivity contribution in [3.8, 4) is 12.1 Å². The molecule has 0 saturated carbocycles. The van der Waals surface area contributed by atoms with Crippen molar-refractivity contribution in [2.24, 2.45) is 0 Å². The number of nitriles is 2. The van der Waals surface area contributed by atoms with Gasteiger partial charge in [-0.2, -0.15) is 20.0 Å². The van der Waals surface area contributed by atoms with E-state index in [0.29, 0.717) is 72.7 Å². The summed E-state index contributed by atoms with van der Waals surface area (Å²) < 4.78 is 11.7. The highest BCUT2D eigenvalue weighted by Gasteiger charge is 2.38. The highest BCUT2D eigenvalue weighted by molar-refractivity contribution is 6.36. The van der Waals surface area contributed by atoms with Gasteiger partial charge in [0.1, 0.15) is 6.07 Å². The molecule has 4 heterocycles. The van der Waals surface area contributed by atoms with Gasteiger partial charge in [0, 0.05) is 25.7 Å². The third-order valence-corrected chi connectivity index (χ3v) is 7.78. The second kappa shape index (κ2) is 12.0. The molecule has 2 aromatic heterocycles. The zero-order chi connectivity index (χ0) is 29.1. The summed E-state index contributed by atoms with van der Waals surface area (Å²) in [6.07, 6.45) is 1.59. The van der Waals surface area contributed by atoms with Crippen molar-refractivity contribution in [2.75, 3.05) is 62.5 Å². The second-order valence-corrected chi connectivity index (χ2v) is 10.2. The van der Waals surface area contributed by atoms with Crippen LogP contribution in [0.2, 0.25) is 5.02 Å². The topological polar surface area (TPSA) is 169 Å². The monoisotopic (exact) mass is 579 g/mol. The molecule has 2 atom stereocenters. The molecule has 0 bridgehead atoms. The minimum atomic E-state index is -0.478. The molecule has 2 saturated heterocycles. The van der Waals surface area contributed by atoms with E-state index in [1.165, 1.54) is 17.8 Å². The second-order valence-electron chi connectivity index (χ2n) is 9.80. The fourth-order valence-electron chi connectivity index (χ4n) is 5.08. The molecule has 214 valence electrons. The molecule has 15 heteroatoms. The van der Waals surface area contributed by atoms with E-state index in [9.17, 15) is 15.3 Å². The van der Waals surface area contributed by atoms with Crippen LogP contribution in [0.1, 0.15) is 24.6 Å². The number of imidazole rings is 1. The Morgan fingerprint density at radius 3 is 2.78 bits per heavy atom. The first-order valence-corrected chi connectivity index (χ1v) is 13.5. The number of hydrogen-bond donors (Lipinski definition) is 3. The fourth-order valence-corrected chi connectivity index (χ4v) is 5.36. The predicted octanol–water partition coefficient (Wildman–Crippen LogP) is 2.33. The van der Waals surface area contributed by atoms with Crippen LogP contribution in [0.4, 0.5) is 27.9 Å². The Labute approximate surface area is 241 Å². The van der Waals surface area contributed by atoms with Crippen molar-refractivity contribution < 1.29 is 14.3 Å². The smallest absolute Gasteiger partial charge is 0.407 e. The zero-order valence-corrected chi connectivity index (χ0v) is 23.6. The number of carbonyl (C=O) groups excluding carboxylic acids is 1. The molecule has 2 fully saturated rings. The number of halogens is 1. The number of carbonyl (C=O) groups is 1. The Balaban J connectivity index is 1.47. The number of anilines is 4. The van der Waals surface area contributed by atoms with Crippen LogP contribution in [-0.4, -0.2) is 95.7 Å². The number of ether oxygens (including phenoxy) is 2. The van der Waals surface area contributed by atoms with Crippen molar-refractivity contribution in [3.63, 3.8) is 0 Å². The van der Waals surface area contributed by atoms with Crippen LogP contribution >= 0.6 is 11.6 Å². The highest BCUT2D eigenvalue weighted by atomic mass is 35.5. The van der Waals surface area contributed by atoms with Gasteiger partial charge in [0.05, 0.1) is 66.6 Å². The van der Waals surface area contributed by atoms with E-state index >= 15 is 0 Å². The number of likely N-dealkylation sites (N-methyl/N-ethyl adjacent to an activating group) is 1. The van der Waals surface area contributed by atoms with E-state index < -0.39 is 6.09 Å².